The summed E-state index contributed by atoms with van der Waals surface area (Å²) in [5.41, 5.74) is 3.44. The van der Waals surface area contributed by atoms with Gasteiger partial charge in [-0.15, -0.1) is 0 Å². The van der Waals surface area contributed by atoms with E-state index in [1.54, 1.807) is 49.6 Å². The van der Waals surface area contributed by atoms with Gasteiger partial charge in [-0.2, -0.15) is 0 Å². The van der Waals surface area contributed by atoms with Crippen molar-refractivity contribution < 1.29 is 23.1 Å². The predicted octanol–water partition coefficient (Wildman–Crippen LogP) is 4.97. The van der Waals surface area contributed by atoms with E-state index in [0.717, 1.165) is 11.1 Å². The van der Waals surface area contributed by atoms with Gasteiger partial charge in [0.15, 0.2) is 23.8 Å². The molecule has 0 bridgehead atoms. The Bertz CT molecular complexity index is 1220. The van der Waals surface area contributed by atoms with Gasteiger partial charge in [-0.1, -0.05) is 18.2 Å². The highest BCUT2D eigenvalue weighted by atomic mass is 19.1. The monoisotopic (exact) mass is 406 g/mol. The molecule has 0 radical (unpaired) electrons. The number of hydrogen-bond acceptors (Lipinski definition) is 5. The van der Waals surface area contributed by atoms with Gasteiger partial charge in [0.25, 0.3) is 5.91 Å². The minimum atomic E-state index is -0.518. The molecule has 0 unspecified atom stereocenters. The number of benzene rings is 3. The summed E-state index contributed by atoms with van der Waals surface area (Å²) in [6, 6.07) is 16.8. The van der Waals surface area contributed by atoms with E-state index in [9.17, 15) is 9.18 Å². The van der Waals surface area contributed by atoms with Crippen LogP contribution >= 0.6 is 0 Å². The molecule has 152 valence electrons. The van der Waals surface area contributed by atoms with Gasteiger partial charge >= 0.3 is 0 Å². The number of carbonyl (C=O) groups excluding carboxylic acids is 1. The van der Waals surface area contributed by atoms with Crippen LogP contribution in [0.1, 0.15) is 5.56 Å². The normalized spacial score (nSPS) is 10.8. The molecule has 0 aliphatic rings. The van der Waals surface area contributed by atoms with Crippen LogP contribution in [0.5, 0.6) is 11.5 Å². The van der Waals surface area contributed by atoms with Gasteiger partial charge < -0.3 is 19.2 Å². The molecule has 0 aliphatic heterocycles. The molecule has 0 fully saturated rings. The van der Waals surface area contributed by atoms with Gasteiger partial charge in [0.1, 0.15) is 11.3 Å². The molecule has 30 heavy (non-hydrogen) atoms. The van der Waals surface area contributed by atoms with Crippen molar-refractivity contribution in [3.63, 3.8) is 0 Å². The number of methoxy groups -OCH3 is 1. The minimum Gasteiger partial charge on any atom is -0.497 e. The maximum atomic E-state index is 13.6. The van der Waals surface area contributed by atoms with Crippen LogP contribution in [0.4, 0.5) is 10.1 Å². The summed E-state index contributed by atoms with van der Waals surface area (Å²) >= 11 is 0. The Morgan fingerprint density at radius 2 is 1.97 bits per heavy atom. The quantitative estimate of drug-likeness (QED) is 0.489. The molecule has 6 nitrogen and oxygen atoms in total. The van der Waals surface area contributed by atoms with E-state index in [0.29, 0.717) is 28.4 Å². The summed E-state index contributed by atoms with van der Waals surface area (Å²) in [7, 11) is 1.59. The standard InChI is InChI=1S/C23H19FN2O4/c1-14-16(23-26-19-12-15(28-2)10-11-21(19)30-23)6-5-8-18(14)25-22(27)13-29-20-9-4-3-7-17(20)24/h3-12H,13H2,1-2H3,(H,25,27). The molecule has 1 N–H and O–H groups in total. The van der Waals surface area contributed by atoms with Crippen molar-refractivity contribution in [3.05, 3.63) is 72.0 Å². The molecule has 1 heterocycles. The van der Waals surface area contributed by atoms with Crippen molar-refractivity contribution in [2.75, 3.05) is 19.0 Å². The SMILES string of the molecule is COc1ccc2oc(-c3cccc(NC(=O)COc4ccccc4F)c3C)nc2c1. The van der Waals surface area contributed by atoms with E-state index in [-0.39, 0.29) is 12.4 Å². The van der Waals surface area contributed by atoms with Crippen LogP contribution < -0.4 is 14.8 Å². The molecule has 0 aliphatic carbocycles. The van der Waals surface area contributed by atoms with Gasteiger partial charge in [-0.25, -0.2) is 9.37 Å². The van der Waals surface area contributed by atoms with E-state index < -0.39 is 11.7 Å². The fourth-order valence-electron chi connectivity index (χ4n) is 3.04. The number of halogens is 1. The summed E-state index contributed by atoms with van der Waals surface area (Å²) in [6.07, 6.45) is 0. The molecule has 1 amide bonds. The van der Waals surface area contributed by atoms with Crippen LogP contribution in [0.25, 0.3) is 22.6 Å². The van der Waals surface area contributed by atoms with E-state index >= 15 is 0 Å². The second kappa shape index (κ2) is 8.24. The molecular weight excluding hydrogens is 387 g/mol. The number of nitrogens with one attached hydrogen (secondary N) is 1. The van der Waals surface area contributed by atoms with Gasteiger partial charge in [-0.3, -0.25) is 4.79 Å². The lowest BCUT2D eigenvalue weighted by atomic mass is 10.1. The Balaban J connectivity index is 1.53. The number of aromatic nitrogens is 1. The van der Waals surface area contributed by atoms with E-state index in [1.165, 1.54) is 12.1 Å². The number of ether oxygens (including phenoxy) is 2. The van der Waals surface area contributed by atoms with E-state index in [4.69, 9.17) is 13.9 Å². The van der Waals surface area contributed by atoms with Gasteiger partial charge in [0.2, 0.25) is 5.89 Å². The minimum absolute atomic E-state index is 0.0278. The average Bonchev–Trinajstić information content (AvgIpc) is 3.17. The predicted molar refractivity (Wildman–Crippen MR) is 111 cm³/mol. The highest BCUT2D eigenvalue weighted by Gasteiger charge is 2.15. The molecule has 7 heteroatoms. The molecule has 4 aromatic rings. The Labute approximate surface area is 172 Å². The highest BCUT2D eigenvalue weighted by molar-refractivity contribution is 5.93. The summed E-state index contributed by atoms with van der Waals surface area (Å²) < 4.78 is 30.0. The third-order valence-electron chi connectivity index (χ3n) is 4.63. The largest absolute Gasteiger partial charge is 0.497 e. The van der Waals surface area contributed by atoms with Gasteiger partial charge in [0, 0.05) is 17.3 Å². The van der Waals surface area contributed by atoms with Crippen molar-refractivity contribution in [3.8, 4) is 23.0 Å². The first kappa shape index (κ1) is 19.4. The van der Waals surface area contributed by atoms with Crippen molar-refractivity contribution in [1.29, 1.82) is 0 Å². The Hall–Kier alpha value is -3.87. The summed E-state index contributed by atoms with van der Waals surface area (Å²) in [4.78, 5) is 16.8. The number of para-hydroxylation sites is 1. The first-order chi connectivity index (χ1) is 14.5. The van der Waals surface area contributed by atoms with Crippen LogP contribution in [0.15, 0.2) is 65.1 Å². The van der Waals surface area contributed by atoms with Gasteiger partial charge in [0.05, 0.1) is 7.11 Å². The summed E-state index contributed by atoms with van der Waals surface area (Å²) in [5, 5.41) is 2.79. The van der Waals surface area contributed by atoms with Crippen molar-refractivity contribution in [1.82, 2.24) is 4.98 Å². The fourth-order valence-corrected chi connectivity index (χ4v) is 3.04. The third-order valence-corrected chi connectivity index (χ3v) is 4.63. The first-order valence-corrected chi connectivity index (χ1v) is 9.27. The molecular formula is C23H19FN2O4. The Kier molecular flexibility index (Phi) is 5.34. The van der Waals surface area contributed by atoms with Gasteiger partial charge in [-0.05, 0) is 48.9 Å². The average molecular weight is 406 g/mol. The number of fused-ring (bicyclic) bond motifs is 1. The maximum absolute atomic E-state index is 13.6. The lowest BCUT2D eigenvalue weighted by Crippen LogP contribution is -2.21. The third kappa shape index (κ3) is 3.96. The zero-order valence-electron chi connectivity index (χ0n) is 16.4. The zero-order chi connectivity index (χ0) is 21.1. The number of anilines is 1. The molecule has 0 spiro atoms. The number of rotatable bonds is 6. The number of oxazole rings is 1. The van der Waals surface area contributed by atoms with Crippen molar-refractivity contribution in [2.45, 2.75) is 6.92 Å². The summed E-state index contributed by atoms with van der Waals surface area (Å²) in [6.45, 7) is 1.55. The summed E-state index contributed by atoms with van der Waals surface area (Å²) in [5.74, 6) is 0.237. The molecule has 4 rings (SSSR count). The zero-order valence-corrected chi connectivity index (χ0v) is 16.4. The Morgan fingerprint density at radius 3 is 2.77 bits per heavy atom. The van der Waals surface area contributed by atoms with E-state index in [1.807, 2.05) is 13.0 Å². The molecule has 0 saturated heterocycles. The second-order valence-corrected chi connectivity index (χ2v) is 6.60. The van der Waals surface area contributed by atoms with Crippen molar-refractivity contribution >= 4 is 22.7 Å². The Morgan fingerprint density at radius 1 is 1.13 bits per heavy atom. The van der Waals surface area contributed by atoms with Crippen LogP contribution in [0.2, 0.25) is 0 Å². The number of amides is 1. The fraction of sp³-hybridized carbons (Fsp3) is 0.130. The molecule has 1 aromatic heterocycles. The number of nitrogens with zero attached hydrogens (tertiary/aromatic N) is 1. The van der Waals surface area contributed by atoms with Crippen LogP contribution in [-0.4, -0.2) is 24.6 Å². The molecule has 0 atom stereocenters. The maximum Gasteiger partial charge on any atom is 0.262 e. The lowest BCUT2D eigenvalue weighted by molar-refractivity contribution is -0.118. The van der Waals surface area contributed by atoms with Crippen LogP contribution in [0.3, 0.4) is 0 Å². The van der Waals surface area contributed by atoms with Crippen LogP contribution in [0, 0.1) is 12.7 Å². The molecule has 3 aromatic carbocycles. The van der Waals surface area contributed by atoms with Crippen LogP contribution in [-0.2, 0) is 4.79 Å². The first-order valence-electron chi connectivity index (χ1n) is 9.27. The molecule has 0 saturated carbocycles. The smallest absolute Gasteiger partial charge is 0.262 e. The lowest BCUT2D eigenvalue weighted by Gasteiger charge is -2.12. The number of hydrogen-bond donors (Lipinski definition) is 1. The topological polar surface area (TPSA) is 73.6 Å². The second-order valence-electron chi connectivity index (χ2n) is 6.60. The number of carbonyl (C=O) groups is 1. The van der Waals surface area contributed by atoms with E-state index in [2.05, 4.69) is 10.3 Å². The van der Waals surface area contributed by atoms with Crippen molar-refractivity contribution in [2.24, 2.45) is 0 Å². The highest BCUT2D eigenvalue weighted by Crippen LogP contribution is 2.31.